The van der Waals surface area contributed by atoms with Gasteiger partial charge >= 0.3 is 0 Å². The van der Waals surface area contributed by atoms with Gasteiger partial charge in [-0.05, 0) is 30.7 Å². The van der Waals surface area contributed by atoms with Crippen LogP contribution in [0.1, 0.15) is 5.56 Å². The number of rotatable bonds is 1. The Labute approximate surface area is 96.2 Å². The molecule has 0 radical (unpaired) electrons. The summed E-state index contributed by atoms with van der Waals surface area (Å²) in [6, 6.07) is 5.57. The van der Waals surface area contributed by atoms with E-state index in [9.17, 15) is 0 Å². The molecule has 0 unspecified atom stereocenters. The number of aliphatic imine (C=N–C) groups is 2. The number of halogens is 1. The summed E-state index contributed by atoms with van der Waals surface area (Å²) < 4.78 is 1.02. The molecule has 0 aromatic heterocycles. The molecule has 1 rings (SSSR count). The summed E-state index contributed by atoms with van der Waals surface area (Å²) in [5.74, 6) is -0.0678. The molecule has 0 saturated carbocycles. The van der Waals surface area contributed by atoms with E-state index in [-0.39, 0.29) is 11.9 Å². The molecule has 1 aromatic carbocycles. The quantitative estimate of drug-likeness (QED) is 0.523. The number of guanidine groups is 2. The zero-order valence-corrected chi connectivity index (χ0v) is 9.82. The Morgan fingerprint density at radius 2 is 1.93 bits per heavy atom. The number of benzene rings is 1. The van der Waals surface area contributed by atoms with Crippen molar-refractivity contribution < 1.29 is 0 Å². The monoisotopic (exact) mass is 269 g/mol. The number of nitrogens with zero attached hydrogens (tertiary/aromatic N) is 2. The Morgan fingerprint density at radius 1 is 1.27 bits per heavy atom. The van der Waals surface area contributed by atoms with Crippen LogP contribution in [0.25, 0.3) is 0 Å². The van der Waals surface area contributed by atoms with Gasteiger partial charge < -0.3 is 17.2 Å². The Morgan fingerprint density at radius 3 is 2.47 bits per heavy atom. The standard InChI is InChI=1S/C9H12BrN5/c1-5-4-6(2-3-7(5)10)14-9(13)15-8(11)12/h2-4H,1H3,(H6,11,12,13,14,15). The molecule has 0 aliphatic heterocycles. The number of aryl methyl sites for hydroxylation is 1. The van der Waals surface area contributed by atoms with E-state index in [0.29, 0.717) is 5.69 Å². The lowest BCUT2D eigenvalue weighted by atomic mass is 10.2. The Hall–Kier alpha value is -1.56. The van der Waals surface area contributed by atoms with Crippen LogP contribution in [0.3, 0.4) is 0 Å². The lowest BCUT2D eigenvalue weighted by Crippen LogP contribution is -2.26. The molecule has 6 heteroatoms. The highest BCUT2D eigenvalue weighted by molar-refractivity contribution is 9.10. The summed E-state index contributed by atoms with van der Waals surface area (Å²) >= 11 is 3.39. The summed E-state index contributed by atoms with van der Waals surface area (Å²) in [5, 5.41) is 0. The number of nitrogens with two attached hydrogens (primary N) is 3. The van der Waals surface area contributed by atoms with E-state index in [1.54, 1.807) is 0 Å². The molecule has 0 saturated heterocycles. The van der Waals surface area contributed by atoms with Crippen molar-refractivity contribution in [3.63, 3.8) is 0 Å². The van der Waals surface area contributed by atoms with Crippen LogP contribution in [0.4, 0.5) is 5.69 Å². The van der Waals surface area contributed by atoms with Crippen LogP contribution < -0.4 is 17.2 Å². The molecule has 0 aliphatic carbocycles. The third kappa shape index (κ3) is 3.59. The Bertz CT molecular complexity index is 421. The fourth-order valence-corrected chi connectivity index (χ4v) is 1.23. The van der Waals surface area contributed by atoms with Gasteiger partial charge in [-0.3, -0.25) is 0 Å². The molecule has 15 heavy (non-hydrogen) atoms. The lowest BCUT2D eigenvalue weighted by Gasteiger charge is -1.99. The maximum atomic E-state index is 5.49. The van der Waals surface area contributed by atoms with E-state index in [1.165, 1.54) is 0 Å². The smallest absolute Gasteiger partial charge is 0.223 e. The maximum Gasteiger partial charge on any atom is 0.223 e. The molecule has 0 spiro atoms. The maximum absolute atomic E-state index is 5.49. The first-order valence-corrected chi connectivity index (χ1v) is 4.98. The summed E-state index contributed by atoms with van der Waals surface area (Å²) in [6.45, 7) is 1.96. The highest BCUT2D eigenvalue weighted by atomic mass is 79.9. The van der Waals surface area contributed by atoms with E-state index in [0.717, 1.165) is 10.0 Å². The second-order valence-corrected chi connectivity index (χ2v) is 3.79. The van der Waals surface area contributed by atoms with Gasteiger partial charge in [0, 0.05) is 4.47 Å². The molecule has 0 amide bonds. The summed E-state index contributed by atoms with van der Waals surface area (Å²) in [7, 11) is 0. The van der Waals surface area contributed by atoms with Crippen molar-refractivity contribution in [1.82, 2.24) is 0 Å². The molecular weight excluding hydrogens is 258 g/mol. The molecule has 5 nitrogen and oxygen atoms in total. The van der Waals surface area contributed by atoms with Crippen molar-refractivity contribution in [2.45, 2.75) is 6.92 Å². The van der Waals surface area contributed by atoms with Gasteiger partial charge in [-0.25, -0.2) is 4.99 Å². The predicted molar refractivity (Wildman–Crippen MR) is 66.0 cm³/mol. The summed E-state index contributed by atoms with van der Waals surface area (Å²) in [5.41, 5.74) is 17.6. The number of hydrogen-bond acceptors (Lipinski definition) is 1. The molecule has 80 valence electrons. The fourth-order valence-electron chi connectivity index (χ4n) is 0.988. The van der Waals surface area contributed by atoms with Gasteiger partial charge in [0.15, 0.2) is 5.96 Å². The molecular formula is C9H12BrN5. The average molecular weight is 270 g/mol. The highest BCUT2D eigenvalue weighted by Crippen LogP contribution is 2.21. The first-order valence-electron chi connectivity index (χ1n) is 4.19. The van der Waals surface area contributed by atoms with Crippen LogP contribution in [0, 0.1) is 6.92 Å². The average Bonchev–Trinajstić information content (AvgIpc) is 2.10. The highest BCUT2D eigenvalue weighted by Gasteiger charge is 1.97. The Balaban J connectivity index is 2.99. The zero-order chi connectivity index (χ0) is 11.4. The van der Waals surface area contributed by atoms with Crippen molar-refractivity contribution in [1.29, 1.82) is 0 Å². The van der Waals surface area contributed by atoms with Gasteiger partial charge in [0.1, 0.15) is 0 Å². The van der Waals surface area contributed by atoms with Gasteiger partial charge in [0.05, 0.1) is 5.69 Å². The lowest BCUT2D eigenvalue weighted by molar-refractivity contribution is 1.35. The third-order valence-corrected chi connectivity index (χ3v) is 2.52. The fraction of sp³-hybridized carbons (Fsp3) is 0.111. The SMILES string of the molecule is Cc1cc(N=C(N)N=C(N)N)ccc1Br. The van der Waals surface area contributed by atoms with Crippen molar-refractivity contribution in [3.8, 4) is 0 Å². The molecule has 0 aliphatic rings. The van der Waals surface area contributed by atoms with Gasteiger partial charge in [-0.2, -0.15) is 4.99 Å². The van der Waals surface area contributed by atoms with Gasteiger partial charge in [-0.1, -0.05) is 15.9 Å². The van der Waals surface area contributed by atoms with Crippen LogP contribution in [0.5, 0.6) is 0 Å². The van der Waals surface area contributed by atoms with Gasteiger partial charge in [0.2, 0.25) is 5.96 Å². The normalized spacial score (nSPS) is 11.2. The van der Waals surface area contributed by atoms with Crippen LogP contribution in [-0.2, 0) is 0 Å². The van der Waals surface area contributed by atoms with E-state index in [4.69, 9.17) is 17.2 Å². The number of hydrogen-bond donors (Lipinski definition) is 3. The molecule has 0 atom stereocenters. The predicted octanol–water partition coefficient (Wildman–Crippen LogP) is 0.977. The van der Waals surface area contributed by atoms with Crippen LogP contribution in [0.2, 0.25) is 0 Å². The summed E-state index contributed by atoms with van der Waals surface area (Å²) in [4.78, 5) is 7.64. The van der Waals surface area contributed by atoms with Crippen LogP contribution in [-0.4, -0.2) is 11.9 Å². The van der Waals surface area contributed by atoms with E-state index >= 15 is 0 Å². The molecule has 0 fully saturated rings. The first kappa shape index (κ1) is 11.5. The van der Waals surface area contributed by atoms with Crippen molar-refractivity contribution in [2.75, 3.05) is 0 Å². The molecule has 1 aromatic rings. The molecule has 0 heterocycles. The minimum Gasteiger partial charge on any atom is -0.370 e. The van der Waals surface area contributed by atoms with Crippen molar-refractivity contribution >= 4 is 33.5 Å². The Kier molecular flexibility index (Phi) is 3.68. The van der Waals surface area contributed by atoms with Crippen LogP contribution in [0.15, 0.2) is 32.7 Å². The minimum absolute atomic E-state index is 0.0386. The second-order valence-electron chi connectivity index (χ2n) is 2.94. The van der Waals surface area contributed by atoms with Crippen molar-refractivity contribution in [3.05, 3.63) is 28.2 Å². The van der Waals surface area contributed by atoms with Crippen LogP contribution >= 0.6 is 15.9 Å². The largest absolute Gasteiger partial charge is 0.370 e. The van der Waals surface area contributed by atoms with Gasteiger partial charge in [-0.15, -0.1) is 0 Å². The topological polar surface area (TPSA) is 103 Å². The van der Waals surface area contributed by atoms with E-state index < -0.39 is 0 Å². The first-order chi connectivity index (χ1) is 6.99. The molecule has 0 bridgehead atoms. The minimum atomic E-state index is -0.106. The van der Waals surface area contributed by atoms with E-state index in [2.05, 4.69) is 25.9 Å². The van der Waals surface area contributed by atoms with Crippen molar-refractivity contribution in [2.24, 2.45) is 27.2 Å². The van der Waals surface area contributed by atoms with E-state index in [1.807, 2.05) is 25.1 Å². The van der Waals surface area contributed by atoms with Gasteiger partial charge in [0.25, 0.3) is 0 Å². The summed E-state index contributed by atoms with van der Waals surface area (Å²) in [6.07, 6.45) is 0. The molecule has 6 N–H and O–H groups in total. The zero-order valence-electron chi connectivity index (χ0n) is 8.24. The third-order valence-electron chi connectivity index (χ3n) is 1.63. The second kappa shape index (κ2) is 4.79.